The number of nitrogens with zero attached hydrogens (tertiary/aromatic N) is 1. The Balaban J connectivity index is 0.00000210. The molecule has 0 spiro atoms. The van der Waals surface area contributed by atoms with Crippen molar-refractivity contribution in [3.63, 3.8) is 0 Å². The maximum Gasteiger partial charge on any atom is 0.238 e. The van der Waals surface area contributed by atoms with E-state index in [0.29, 0.717) is 5.92 Å². The zero-order valence-corrected chi connectivity index (χ0v) is 18.9. The Kier molecular flexibility index (Phi) is 9.52. The van der Waals surface area contributed by atoms with Crippen molar-refractivity contribution in [2.24, 2.45) is 5.14 Å². The van der Waals surface area contributed by atoms with Gasteiger partial charge in [-0.15, -0.1) is 24.8 Å². The van der Waals surface area contributed by atoms with Gasteiger partial charge in [0.2, 0.25) is 10.0 Å². The lowest BCUT2D eigenvalue weighted by Crippen LogP contribution is -2.25. The van der Waals surface area contributed by atoms with E-state index in [1.165, 1.54) is 5.56 Å². The predicted octanol–water partition coefficient (Wildman–Crippen LogP) is 4.22. The van der Waals surface area contributed by atoms with E-state index in [9.17, 15) is 8.42 Å². The van der Waals surface area contributed by atoms with E-state index in [4.69, 9.17) is 5.14 Å². The molecular weight excluding hydrogens is 429 g/mol. The van der Waals surface area contributed by atoms with Crippen LogP contribution in [0.2, 0.25) is 0 Å². The Morgan fingerprint density at radius 1 is 0.966 bits per heavy atom. The van der Waals surface area contributed by atoms with Crippen molar-refractivity contribution >= 4 is 45.6 Å². The van der Waals surface area contributed by atoms with Gasteiger partial charge < -0.3 is 5.32 Å². The molecule has 5 nitrogen and oxygen atoms in total. The molecule has 0 saturated heterocycles. The molecule has 0 aliphatic carbocycles. The summed E-state index contributed by atoms with van der Waals surface area (Å²) in [6.07, 6.45) is 1.72. The van der Waals surface area contributed by atoms with Gasteiger partial charge in [-0.3, -0.25) is 4.98 Å². The normalized spacial score (nSPS) is 13.2. The van der Waals surface area contributed by atoms with Crippen LogP contribution in [0, 0.1) is 0 Å². The molecule has 1 heterocycles. The summed E-state index contributed by atoms with van der Waals surface area (Å²) in [5, 5.41) is 10.5. The number of aromatic nitrogens is 1. The standard InChI is InChI=1S/C21H25N3O2S.2ClH/c1-15(17-6-4-3-5-7-17)13-23-14-16(2)21-20-9-8-19(27(22,25)26)12-18(20)10-11-24-21;;/h3-12,15-16,23H,13-14H2,1-2H3,(H2,22,25,26);2*1H/t15-,16-;;/m1../s1. The Labute approximate surface area is 185 Å². The zero-order chi connectivity index (χ0) is 19.4. The molecule has 0 aliphatic heterocycles. The van der Waals surface area contributed by atoms with Gasteiger partial charge in [-0.2, -0.15) is 0 Å². The minimum absolute atomic E-state index is 0. The fraction of sp³-hybridized carbons (Fsp3) is 0.286. The first-order valence-electron chi connectivity index (χ1n) is 9.03. The van der Waals surface area contributed by atoms with Crippen molar-refractivity contribution in [3.8, 4) is 0 Å². The second-order valence-corrected chi connectivity index (χ2v) is 8.56. The molecule has 3 aromatic rings. The summed E-state index contributed by atoms with van der Waals surface area (Å²) in [7, 11) is -3.71. The van der Waals surface area contributed by atoms with Gasteiger partial charge >= 0.3 is 0 Å². The van der Waals surface area contributed by atoms with Gasteiger partial charge in [-0.05, 0) is 35.1 Å². The third kappa shape index (κ3) is 6.39. The summed E-state index contributed by atoms with van der Waals surface area (Å²) in [6.45, 7) is 6.00. The first-order valence-corrected chi connectivity index (χ1v) is 10.6. The average molecular weight is 456 g/mol. The second-order valence-electron chi connectivity index (χ2n) is 7.00. The van der Waals surface area contributed by atoms with Crippen LogP contribution in [0.25, 0.3) is 10.8 Å². The van der Waals surface area contributed by atoms with Crippen molar-refractivity contribution in [2.45, 2.75) is 30.6 Å². The molecule has 0 amide bonds. The third-order valence-corrected chi connectivity index (χ3v) is 5.74. The number of benzene rings is 2. The first-order chi connectivity index (χ1) is 12.9. The lowest BCUT2D eigenvalue weighted by molar-refractivity contribution is 0.569. The van der Waals surface area contributed by atoms with Crippen molar-refractivity contribution in [2.75, 3.05) is 13.1 Å². The van der Waals surface area contributed by atoms with Gasteiger partial charge in [0.1, 0.15) is 0 Å². The maximum absolute atomic E-state index is 11.6. The van der Waals surface area contributed by atoms with Gasteiger partial charge in [-0.1, -0.05) is 50.2 Å². The highest BCUT2D eigenvalue weighted by Gasteiger charge is 2.14. The minimum atomic E-state index is -3.71. The molecule has 8 heteroatoms. The third-order valence-electron chi connectivity index (χ3n) is 4.83. The number of pyridine rings is 1. The SMILES string of the molecule is C[C@H](CNC[C@@H](C)c1nccc2cc(S(N)(=O)=O)ccc12)c1ccccc1.Cl.Cl. The summed E-state index contributed by atoms with van der Waals surface area (Å²) >= 11 is 0. The Morgan fingerprint density at radius 2 is 1.62 bits per heavy atom. The van der Waals surface area contributed by atoms with E-state index >= 15 is 0 Å². The fourth-order valence-corrected chi connectivity index (χ4v) is 3.81. The van der Waals surface area contributed by atoms with Crippen molar-refractivity contribution < 1.29 is 8.42 Å². The topological polar surface area (TPSA) is 85.1 Å². The summed E-state index contributed by atoms with van der Waals surface area (Å²) < 4.78 is 23.1. The summed E-state index contributed by atoms with van der Waals surface area (Å²) in [5.74, 6) is 0.619. The van der Waals surface area contributed by atoms with E-state index in [2.05, 4.69) is 48.4 Å². The molecule has 3 N–H and O–H groups in total. The molecule has 1 aromatic heterocycles. The number of rotatable bonds is 7. The van der Waals surface area contributed by atoms with Crippen molar-refractivity contribution in [1.29, 1.82) is 0 Å². The fourth-order valence-electron chi connectivity index (χ4n) is 3.26. The van der Waals surface area contributed by atoms with E-state index in [0.717, 1.165) is 29.6 Å². The molecule has 2 atom stereocenters. The molecule has 0 radical (unpaired) electrons. The Bertz CT molecular complexity index is 1030. The number of sulfonamides is 1. The first kappa shape index (κ1) is 25.3. The van der Waals surface area contributed by atoms with E-state index in [1.807, 2.05) is 12.1 Å². The maximum atomic E-state index is 11.6. The summed E-state index contributed by atoms with van der Waals surface area (Å²) in [4.78, 5) is 4.65. The average Bonchev–Trinajstić information content (AvgIpc) is 2.66. The lowest BCUT2D eigenvalue weighted by Gasteiger charge is -2.17. The molecule has 3 rings (SSSR count). The number of hydrogen-bond acceptors (Lipinski definition) is 4. The van der Waals surface area contributed by atoms with Gasteiger partial charge in [-0.25, -0.2) is 13.6 Å². The Morgan fingerprint density at radius 3 is 2.28 bits per heavy atom. The number of primary sulfonamides is 1. The van der Waals surface area contributed by atoms with Crippen LogP contribution >= 0.6 is 24.8 Å². The quantitative estimate of drug-likeness (QED) is 0.558. The molecule has 0 aliphatic rings. The number of hydrogen-bond donors (Lipinski definition) is 2. The molecular formula is C21H27Cl2N3O2S. The molecule has 0 fully saturated rings. The van der Waals surface area contributed by atoms with Crippen LogP contribution in [-0.2, 0) is 10.0 Å². The minimum Gasteiger partial charge on any atom is -0.315 e. The zero-order valence-electron chi connectivity index (χ0n) is 16.4. The smallest absolute Gasteiger partial charge is 0.238 e. The van der Waals surface area contributed by atoms with Gasteiger partial charge in [0.05, 0.1) is 10.6 Å². The number of nitrogens with two attached hydrogens (primary N) is 1. The summed E-state index contributed by atoms with van der Waals surface area (Å²) in [6, 6.07) is 17.2. The van der Waals surface area contributed by atoms with Gasteiger partial charge in [0.15, 0.2) is 0 Å². The molecule has 2 aromatic carbocycles. The second kappa shape index (κ2) is 10.9. The van der Waals surface area contributed by atoms with Crippen LogP contribution in [0.15, 0.2) is 65.7 Å². The number of nitrogens with one attached hydrogen (secondary N) is 1. The highest BCUT2D eigenvalue weighted by molar-refractivity contribution is 7.89. The van der Waals surface area contributed by atoms with E-state index < -0.39 is 10.0 Å². The summed E-state index contributed by atoms with van der Waals surface area (Å²) in [5.41, 5.74) is 2.27. The van der Waals surface area contributed by atoms with Crippen LogP contribution in [0.3, 0.4) is 0 Å². The largest absolute Gasteiger partial charge is 0.315 e. The van der Waals surface area contributed by atoms with Gasteiger partial charge in [0.25, 0.3) is 0 Å². The highest BCUT2D eigenvalue weighted by Crippen LogP contribution is 2.25. The number of halogens is 2. The van der Waals surface area contributed by atoms with E-state index in [1.54, 1.807) is 24.4 Å². The molecule has 0 saturated carbocycles. The highest BCUT2D eigenvalue weighted by atomic mass is 35.5. The van der Waals surface area contributed by atoms with Crippen LogP contribution in [0.4, 0.5) is 0 Å². The number of fused-ring (bicyclic) bond motifs is 1. The molecule has 29 heavy (non-hydrogen) atoms. The van der Waals surface area contributed by atoms with Crippen molar-refractivity contribution in [3.05, 3.63) is 72.1 Å². The molecule has 0 bridgehead atoms. The molecule has 0 unspecified atom stereocenters. The predicted molar refractivity (Wildman–Crippen MR) is 124 cm³/mol. The Hall–Kier alpha value is -1.70. The molecule has 158 valence electrons. The van der Waals surface area contributed by atoms with Crippen LogP contribution in [0.5, 0.6) is 0 Å². The lowest BCUT2D eigenvalue weighted by atomic mass is 9.99. The van der Waals surface area contributed by atoms with Crippen molar-refractivity contribution in [1.82, 2.24) is 10.3 Å². The van der Waals surface area contributed by atoms with E-state index in [-0.39, 0.29) is 35.6 Å². The van der Waals surface area contributed by atoms with Crippen LogP contribution in [-0.4, -0.2) is 26.5 Å². The van der Waals surface area contributed by atoms with Crippen LogP contribution < -0.4 is 10.5 Å². The van der Waals surface area contributed by atoms with Gasteiger partial charge in [0, 0.05) is 30.6 Å². The monoisotopic (exact) mass is 455 g/mol. The van der Waals surface area contributed by atoms with Crippen LogP contribution in [0.1, 0.15) is 36.9 Å².